The summed E-state index contributed by atoms with van der Waals surface area (Å²) in [4.78, 5) is 18.4. The standard InChI is InChI=1S/C35H45F3N9O/c1-42-24-47(15-5-3-2-4-6-16-47)41-33(42)32(26-9-7-10-26)27-11-8-12-28(18-27)45-21-30-29(35(36,37)38)17-25(20-46(30)34(45)48)19-43-13-14-44-23-39-40-31(44)22-43/h8,11-12,17-18,20-21,23,26,32-33,41H,2-7,9-10,13-16,19,22,24H2,1H3/q+1/t32-,33?/m1/s1. The summed E-state index contributed by atoms with van der Waals surface area (Å²) in [5.74, 6) is 1.51. The molecule has 3 fully saturated rings. The lowest BCUT2D eigenvalue weighted by molar-refractivity contribution is -0.963. The first-order chi connectivity index (χ1) is 23.2. The molecule has 48 heavy (non-hydrogen) atoms. The maximum Gasteiger partial charge on any atom is 0.418 e. The molecule has 1 unspecified atom stereocenters. The summed E-state index contributed by atoms with van der Waals surface area (Å²) in [7, 11) is 2.22. The monoisotopic (exact) mass is 664 g/mol. The normalized spacial score (nSPS) is 23.2. The molecule has 256 valence electrons. The van der Waals surface area contributed by atoms with Gasteiger partial charge in [-0.1, -0.05) is 25.0 Å². The highest BCUT2D eigenvalue weighted by molar-refractivity contribution is 5.58. The van der Waals surface area contributed by atoms with Gasteiger partial charge in [-0.3, -0.25) is 13.9 Å². The molecule has 10 nitrogen and oxygen atoms in total. The minimum absolute atomic E-state index is 0.142. The highest BCUT2D eigenvalue weighted by Gasteiger charge is 2.48. The third kappa shape index (κ3) is 5.88. The lowest BCUT2D eigenvalue weighted by Gasteiger charge is -2.40. The Morgan fingerprint density at radius 2 is 1.81 bits per heavy atom. The van der Waals surface area contributed by atoms with Gasteiger partial charge in [0.25, 0.3) is 0 Å². The highest BCUT2D eigenvalue weighted by atomic mass is 19.4. The van der Waals surface area contributed by atoms with Gasteiger partial charge >= 0.3 is 11.9 Å². The maximum absolute atomic E-state index is 14.5. The van der Waals surface area contributed by atoms with E-state index in [2.05, 4.69) is 33.6 Å². The Kier molecular flexibility index (Phi) is 8.21. The van der Waals surface area contributed by atoms with E-state index in [9.17, 15) is 18.0 Å². The predicted molar refractivity (Wildman–Crippen MR) is 175 cm³/mol. The molecule has 1 aromatic carbocycles. The van der Waals surface area contributed by atoms with Crippen molar-refractivity contribution in [2.45, 2.75) is 89.3 Å². The first-order valence-corrected chi connectivity index (χ1v) is 17.5. The number of nitrogens with zero attached hydrogens (tertiary/aromatic N) is 8. The number of hydrogen-bond acceptors (Lipinski definition) is 6. The highest BCUT2D eigenvalue weighted by Crippen LogP contribution is 2.44. The summed E-state index contributed by atoms with van der Waals surface area (Å²) in [6.45, 7) is 5.30. The van der Waals surface area contributed by atoms with E-state index >= 15 is 0 Å². The Bertz CT molecular complexity index is 1830. The molecule has 3 aliphatic heterocycles. The zero-order valence-corrected chi connectivity index (χ0v) is 27.6. The quantitative estimate of drug-likeness (QED) is 0.289. The number of fused-ring (bicyclic) bond motifs is 2. The number of quaternary nitrogens is 1. The molecule has 4 aliphatic rings. The van der Waals surface area contributed by atoms with Crippen molar-refractivity contribution in [2.75, 3.05) is 33.4 Å². The fraction of sp³-hybridized carbons (Fsp3) is 0.571. The SMILES string of the molecule is CN1C[N+]2(CCCCCCC2)NC1[C@@H](c1cccc(-n2cc3c(C(F)(F)F)cc(CN4CCn5cnnc5C4)cn3c2=O)c1)C1CCC1. The van der Waals surface area contributed by atoms with E-state index in [4.69, 9.17) is 0 Å². The molecule has 0 amide bonds. The number of alkyl halides is 3. The number of benzene rings is 1. The largest absolute Gasteiger partial charge is 0.418 e. The van der Waals surface area contributed by atoms with Crippen LogP contribution in [0.5, 0.6) is 0 Å². The summed E-state index contributed by atoms with van der Waals surface area (Å²) in [5, 5.41) is 8.08. The van der Waals surface area contributed by atoms with E-state index in [1.807, 2.05) is 27.7 Å². The molecule has 0 bridgehead atoms. The van der Waals surface area contributed by atoms with Crippen LogP contribution in [0.15, 0.2) is 53.8 Å². The minimum Gasteiger partial charge on any atom is -0.315 e. The topological polar surface area (TPSA) is 75.6 Å². The van der Waals surface area contributed by atoms with E-state index in [1.165, 1.54) is 59.8 Å². The van der Waals surface area contributed by atoms with Crippen LogP contribution < -0.4 is 11.1 Å². The maximum atomic E-state index is 14.5. The van der Waals surface area contributed by atoms with Crippen molar-refractivity contribution >= 4 is 5.52 Å². The van der Waals surface area contributed by atoms with Crippen LogP contribution in [0.4, 0.5) is 13.2 Å². The second-order valence-corrected chi connectivity index (χ2v) is 14.6. The Hall–Kier alpha value is -3.52. The van der Waals surface area contributed by atoms with Crippen LogP contribution in [0.2, 0.25) is 0 Å². The molecule has 6 heterocycles. The molecule has 1 aliphatic carbocycles. The van der Waals surface area contributed by atoms with Gasteiger partial charge < -0.3 is 4.57 Å². The minimum atomic E-state index is -4.62. The average Bonchev–Trinajstić information content (AvgIpc) is 3.72. The van der Waals surface area contributed by atoms with E-state index in [0.29, 0.717) is 36.8 Å². The van der Waals surface area contributed by atoms with Crippen LogP contribution in [0.1, 0.15) is 79.8 Å². The van der Waals surface area contributed by atoms with Crippen molar-refractivity contribution in [3.05, 3.63) is 82.1 Å². The molecule has 1 N–H and O–H groups in total. The molecular formula is C35H45F3N9O+. The van der Waals surface area contributed by atoms with Gasteiger partial charge in [0.1, 0.15) is 18.3 Å². The molecule has 0 radical (unpaired) electrons. The van der Waals surface area contributed by atoms with Crippen LogP contribution in [0.3, 0.4) is 0 Å². The molecule has 13 heteroatoms. The molecule has 8 rings (SSSR count). The molecule has 1 spiro atoms. The lowest BCUT2D eigenvalue weighted by atomic mass is 9.71. The summed E-state index contributed by atoms with van der Waals surface area (Å²) in [6, 6.07) is 9.14. The van der Waals surface area contributed by atoms with Crippen molar-refractivity contribution < 1.29 is 17.8 Å². The summed E-state index contributed by atoms with van der Waals surface area (Å²) in [6.07, 6.45) is 9.98. The van der Waals surface area contributed by atoms with Crippen molar-refractivity contribution in [1.29, 1.82) is 0 Å². The van der Waals surface area contributed by atoms with Crippen LogP contribution >= 0.6 is 0 Å². The Morgan fingerprint density at radius 1 is 1.02 bits per heavy atom. The van der Waals surface area contributed by atoms with Gasteiger partial charge in [0.2, 0.25) is 0 Å². The third-order valence-electron chi connectivity index (χ3n) is 11.3. The third-order valence-corrected chi connectivity index (χ3v) is 11.3. The Balaban J connectivity index is 1.13. The van der Waals surface area contributed by atoms with E-state index in [0.717, 1.165) is 48.6 Å². The number of imidazole rings is 1. The van der Waals surface area contributed by atoms with Gasteiger partial charge in [0, 0.05) is 37.9 Å². The first kappa shape index (κ1) is 31.7. The first-order valence-electron chi connectivity index (χ1n) is 17.5. The van der Waals surface area contributed by atoms with E-state index in [1.54, 1.807) is 12.5 Å². The van der Waals surface area contributed by atoms with Gasteiger partial charge in [-0.15, -0.1) is 15.6 Å². The lowest BCUT2D eigenvalue weighted by Crippen LogP contribution is -2.57. The second-order valence-electron chi connectivity index (χ2n) is 14.6. The van der Waals surface area contributed by atoms with Gasteiger partial charge in [0.15, 0.2) is 6.67 Å². The molecule has 4 aromatic rings. The zero-order chi connectivity index (χ0) is 33.0. The molecule has 3 aromatic heterocycles. The Morgan fingerprint density at radius 3 is 2.56 bits per heavy atom. The van der Waals surface area contributed by atoms with Crippen molar-refractivity contribution in [3.8, 4) is 5.69 Å². The van der Waals surface area contributed by atoms with E-state index < -0.39 is 17.4 Å². The smallest absolute Gasteiger partial charge is 0.315 e. The summed E-state index contributed by atoms with van der Waals surface area (Å²) >= 11 is 0. The van der Waals surface area contributed by atoms with Gasteiger partial charge in [-0.2, -0.15) is 13.2 Å². The zero-order valence-electron chi connectivity index (χ0n) is 27.6. The fourth-order valence-corrected chi connectivity index (χ4v) is 8.68. The molecule has 1 saturated carbocycles. The summed E-state index contributed by atoms with van der Waals surface area (Å²) < 4.78 is 49.0. The fourth-order valence-electron chi connectivity index (χ4n) is 8.68. The number of aromatic nitrogens is 5. The van der Waals surface area contributed by atoms with Crippen LogP contribution in [0.25, 0.3) is 11.2 Å². The number of halogens is 3. The van der Waals surface area contributed by atoms with Crippen molar-refractivity contribution in [1.82, 2.24) is 39.0 Å². The van der Waals surface area contributed by atoms with Crippen LogP contribution in [-0.2, 0) is 25.8 Å². The second kappa shape index (κ2) is 12.4. The van der Waals surface area contributed by atoms with Gasteiger partial charge in [-0.25, -0.2) is 14.3 Å². The number of likely N-dealkylation sites (N-methyl/N-ethyl adjacent to an activating group) is 1. The predicted octanol–water partition coefficient (Wildman–Crippen LogP) is 5.11. The number of nitrogens with one attached hydrogen (secondary N) is 1. The average molecular weight is 665 g/mol. The number of rotatable bonds is 6. The molecular weight excluding hydrogens is 619 g/mol. The number of pyridine rings is 1. The van der Waals surface area contributed by atoms with E-state index in [-0.39, 0.29) is 24.1 Å². The number of hydrogen-bond donors (Lipinski definition) is 1. The van der Waals surface area contributed by atoms with Crippen molar-refractivity contribution in [2.24, 2.45) is 5.92 Å². The van der Waals surface area contributed by atoms with Gasteiger partial charge in [0.05, 0.1) is 36.4 Å². The van der Waals surface area contributed by atoms with Crippen LogP contribution in [-0.4, -0.2) is 77.6 Å². The molecule has 2 atom stereocenters. The van der Waals surface area contributed by atoms with Crippen molar-refractivity contribution in [3.63, 3.8) is 0 Å². The van der Waals surface area contributed by atoms with Crippen LogP contribution in [0, 0.1) is 5.92 Å². The Labute approximate surface area is 278 Å². The summed E-state index contributed by atoms with van der Waals surface area (Å²) in [5.41, 5.74) is 4.78. The van der Waals surface area contributed by atoms with Gasteiger partial charge in [-0.05, 0) is 80.8 Å². The molecule has 2 saturated heterocycles.